The summed E-state index contributed by atoms with van der Waals surface area (Å²) < 4.78 is 39.8. The van der Waals surface area contributed by atoms with Gasteiger partial charge in [0.2, 0.25) is 17.7 Å². The Morgan fingerprint density at radius 1 is 0.552 bits per heavy atom. The molecule has 4 aliphatic heterocycles. The zero-order chi connectivity index (χ0) is 43.6. The van der Waals surface area contributed by atoms with Crippen LogP contribution in [0.5, 0.6) is 0 Å². The van der Waals surface area contributed by atoms with Crippen molar-refractivity contribution < 1.29 is 104 Å². The van der Waals surface area contributed by atoms with Crippen LogP contribution in [0.1, 0.15) is 46.5 Å². The maximum atomic E-state index is 12.1. The molecule has 0 aromatic rings. The van der Waals surface area contributed by atoms with Gasteiger partial charge in [0, 0.05) is 19.8 Å². The molecule has 4 rings (SSSR count). The van der Waals surface area contributed by atoms with E-state index in [1.54, 1.807) is 0 Å². The summed E-state index contributed by atoms with van der Waals surface area (Å²) in [7, 11) is 0. The van der Waals surface area contributed by atoms with Crippen molar-refractivity contribution in [1.29, 1.82) is 0 Å². The fourth-order valence-corrected chi connectivity index (χ4v) is 6.52. The van der Waals surface area contributed by atoms with Crippen LogP contribution in [-0.4, -0.2) is 210 Å². The van der Waals surface area contributed by atoms with Crippen LogP contribution in [0.2, 0.25) is 0 Å². The Balaban J connectivity index is 0.000000648. The van der Waals surface area contributed by atoms with E-state index >= 15 is 0 Å². The lowest BCUT2D eigenvalue weighted by molar-refractivity contribution is -0.391. The second kappa shape index (κ2) is 23.0. The normalized spacial score (nSPS) is 43.0. The fourth-order valence-electron chi connectivity index (χ4n) is 6.52. The molecule has 4 aliphatic rings. The van der Waals surface area contributed by atoms with E-state index in [0.29, 0.717) is 25.7 Å². The van der Waals surface area contributed by atoms with Crippen LogP contribution < -0.4 is 27.9 Å². The van der Waals surface area contributed by atoms with Crippen LogP contribution >= 0.6 is 0 Å². The summed E-state index contributed by atoms with van der Waals surface area (Å²) in [6, 6.07) is -1.51. The Bertz CT molecular complexity index is 1280. The van der Waals surface area contributed by atoms with Gasteiger partial charge in [0.1, 0.15) is 85.4 Å². The molecule has 3 amide bonds. The van der Waals surface area contributed by atoms with Crippen molar-refractivity contribution in [3.63, 3.8) is 0 Å². The molecule has 338 valence electrons. The molecule has 0 saturated carbocycles. The zero-order valence-corrected chi connectivity index (χ0v) is 31.9. The largest absolute Gasteiger partial charge is 0.394 e. The highest BCUT2D eigenvalue weighted by molar-refractivity contribution is 5.76. The Kier molecular flexibility index (Phi) is 19.8. The van der Waals surface area contributed by atoms with E-state index < -0.39 is 142 Å². The molecule has 1 unspecified atom stereocenters. The van der Waals surface area contributed by atoms with E-state index in [2.05, 4.69) is 5.32 Å². The van der Waals surface area contributed by atoms with E-state index in [1.807, 2.05) is 10.9 Å². The number of nitrogens with one attached hydrogen (secondary N) is 3. The average Bonchev–Trinajstić information content (AvgIpc) is 3.20. The number of aliphatic hydroxyl groups excluding tert-OH is 11. The topological polar surface area (TPSA) is 426 Å². The fraction of sp³-hybridized carbons (Fsp3) is 0.906. The lowest BCUT2D eigenvalue weighted by Crippen LogP contribution is -2.70. The first-order chi connectivity index (χ1) is 27.3. The summed E-state index contributed by atoms with van der Waals surface area (Å²) in [4.78, 5) is 33.2. The monoisotopic (exact) mass is 849 g/mol. The number of hydrogen-bond donors (Lipinski definition) is 16. The second-order valence-corrected chi connectivity index (χ2v) is 14.2. The predicted octanol–water partition coefficient (Wildman–Crippen LogP) is -9.02. The zero-order valence-electron chi connectivity index (χ0n) is 31.9. The summed E-state index contributed by atoms with van der Waals surface area (Å²) in [6.45, 7) is 2.15. The van der Waals surface area contributed by atoms with Crippen molar-refractivity contribution in [1.82, 2.24) is 16.2 Å². The van der Waals surface area contributed by atoms with Gasteiger partial charge in [-0.3, -0.25) is 25.2 Å². The summed E-state index contributed by atoms with van der Waals surface area (Å²) >= 11 is 0. The van der Waals surface area contributed by atoms with Crippen molar-refractivity contribution in [2.75, 3.05) is 13.2 Å². The molecule has 0 bridgehead atoms. The molecule has 0 aromatic heterocycles. The van der Waals surface area contributed by atoms with Crippen molar-refractivity contribution in [3.05, 3.63) is 0 Å². The summed E-state index contributed by atoms with van der Waals surface area (Å²) in [5.41, 5.74) is 4.01. The molecular formula is C32H59N5O21. The maximum absolute atomic E-state index is 12.1. The number of carbonyl (C=O) groups is 3. The second-order valence-electron chi connectivity index (χ2n) is 14.2. The molecule has 4 heterocycles. The molecule has 0 aliphatic carbocycles. The third kappa shape index (κ3) is 12.6. The van der Waals surface area contributed by atoms with Crippen molar-refractivity contribution >= 4 is 17.7 Å². The van der Waals surface area contributed by atoms with Gasteiger partial charge in [0.05, 0.1) is 25.4 Å². The van der Waals surface area contributed by atoms with Gasteiger partial charge in [0.15, 0.2) is 25.2 Å². The number of hydrogen-bond acceptors (Lipinski definition) is 23. The third-order valence-corrected chi connectivity index (χ3v) is 9.91. The summed E-state index contributed by atoms with van der Waals surface area (Å²) in [6.07, 6.45) is -29.2. The van der Waals surface area contributed by atoms with Crippen LogP contribution in [0.3, 0.4) is 0 Å². The highest BCUT2D eigenvalue weighted by Gasteiger charge is 2.56. The minimum Gasteiger partial charge on any atom is -0.394 e. The summed E-state index contributed by atoms with van der Waals surface area (Å²) in [5.74, 6) is 8.55. The highest BCUT2D eigenvalue weighted by Crippen LogP contribution is 2.35. The average molecular weight is 850 g/mol. The van der Waals surface area contributed by atoms with E-state index in [9.17, 15) is 70.6 Å². The summed E-state index contributed by atoms with van der Waals surface area (Å²) in [5, 5.41) is 117. The number of aliphatic hydroxyl groups is 11. The van der Waals surface area contributed by atoms with E-state index in [0.717, 1.165) is 6.92 Å². The number of hydrazine groups is 2. The molecule has 20 atom stereocenters. The molecular weight excluding hydrogens is 790 g/mol. The van der Waals surface area contributed by atoms with Crippen LogP contribution in [0.4, 0.5) is 0 Å². The van der Waals surface area contributed by atoms with E-state index in [-0.39, 0.29) is 11.8 Å². The Morgan fingerprint density at radius 2 is 1.00 bits per heavy atom. The van der Waals surface area contributed by atoms with Gasteiger partial charge in [-0.1, -0.05) is 0 Å². The van der Waals surface area contributed by atoms with Gasteiger partial charge in [-0.15, -0.1) is 0 Å². The first kappa shape index (κ1) is 50.0. The number of nitrogens with two attached hydrogens (primary N) is 2. The molecule has 0 radical (unpaired) electrons. The molecule has 0 aromatic carbocycles. The smallest absolute Gasteiger partial charge is 0.233 e. The Hall–Kier alpha value is -2.39. The van der Waals surface area contributed by atoms with Gasteiger partial charge in [-0.2, -0.15) is 0 Å². The lowest BCUT2D eigenvalue weighted by Gasteiger charge is -2.50. The molecule has 0 spiro atoms. The molecule has 4 fully saturated rings. The van der Waals surface area contributed by atoms with Gasteiger partial charge >= 0.3 is 0 Å². The first-order valence-corrected chi connectivity index (χ1v) is 18.5. The number of amides is 3. The van der Waals surface area contributed by atoms with Crippen molar-refractivity contribution in [2.45, 2.75) is 169 Å². The maximum Gasteiger partial charge on any atom is 0.233 e. The Morgan fingerprint density at radius 3 is 1.43 bits per heavy atom. The first-order valence-electron chi connectivity index (χ1n) is 18.5. The van der Waals surface area contributed by atoms with E-state index in [4.69, 9.17) is 44.8 Å². The van der Waals surface area contributed by atoms with Gasteiger partial charge < -0.3 is 94.6 Å². The van der Waals surface area contributed by atoms with Crippen molar-refractivity contribution in [2.24, 2.45) is 11.7 Å². The van der Waals surface area contributed by atoms with Crippen LogP contribution in [0.15, 0.2) is 0 Å². The number of rotatable bonds is 14. The molecule has 18 N–H and O–H groups in total. The minimum absolute atomic E-state index is 0.219. The highest BCUT2D eigenvalue weighted by atomic mass is 16.8. The number of carbonyl (C=O) groups excluding carboxylic acids is 3. The standard InChI is InChI=1S/C26H45NO19.C6H14N4O2/c1-6-12(31)15(34)18(37)24(40-6)45-21-11(27-8(3)30)23(39)42-10(5-29)20(21)44-26-22(17(36)14(33)9(4-28)43-26)46-25-19(38)16(35)13(32)7(2)41-25;7-9-5(11)3-1-2-4-6(12)10-8/h6-7,9-26,28-29,31-39H,4-5H2,1-3H3,(H,27,30);1-4,7-8H2,(H,9,11)(H,10,12)/t6-,7-,9-,10-,11-,12+,13+,14+,15+,16+,17+,18-,19-,20-,21-,22-,23?,24-,25-,26+;/m1./s1. The van der Waals surface area contributed by atoms with Gasteiger partial charge in [-0.25, -0.2) is 11.7 Å². The third-order valence-electron chi connectivity index (χ3n) is 9.91. The van der Waals surface area contributed by atoms with Gasteiger partial charge in [-0.05, 0) is 26.7 Å². The molecule has 4 saturated heterocycles. The van der Waals surface area contributed by atoms with Crippen LogP contribution in [-0.2, 0) is 47.5 Å². The Labute approximate surface area is 331 Å². The van der Waals surface area contributed by atoms with E-state index in [1.165, 1.54) is 13.8 Å². The van der Waals surface area contributed by atoms with Crippen LogP contribution in [0, 0.1) is 0 Å². The predicted molar refractivity (Wildman–Crippen MR) is 186 cm³/mol. The minimum atomic E-state index is -1.92. The number of unbranched alkanes of at least 4 members (excludes halogenated alkanes) is 1. The van der Waals surface area contributed by atoms with Gasteiger partial charge in [0.25, 0.3) is 0 Å². The molecule has 26 heteroatoms. The molecule has 58 heavy (non-hydrogen) atoms. The SMILES string of the molecule is CC(=O)N[C@H]1C(O)O[C@H](CO)[C@@H](O[C@@H]2O[C@H](CO)[C@H](O)[C@H](O)[C@H]2O[C@H]2O[C@H](C)[C@H](O)[C@H](O)[C@H]2O)[C@@H]1O[C@H]1O[C@H](C)[C@H](O)[C@H](O)[C@H]1O.NNC(=O)CCCCC(=O)NN. The quantitative estimate of drug-likeness (QED) is 0.0334. The van der Waals surface area contributed by atoms with Crippen molar-refractivity contribution in [3.8, 4) is 0 Å². The number of ether oxygens (including phenoxy) is 7. The van der Waals surface area contributed by atoms with Crippen LogP contribution in [0.25, 0.3) is 0 Å². The molecule has 26 nitrogen and oxygen atoms in total. The lowest BCUT2D eigenvalue weighted by atomic mass is 9.94.